The summed E-state index contributed by atoms with van der Waals surface area (Å²) in [6, 6.07) is 0. The summed E-state index contributed by atoms with van der Waals surface area (Å²) in [6.45, 7) is 8.79. The van der Waals surface area contributed by atoms with E-state index < -0.39 is 5.60 Å². The summed E-state index contributed by atoms with van der Waals surface area (Å²) >= 11 is 1.62. The van der Waals surface area contributed by atoms with Gasteiger partial charge in [0, 0.05) is 23.8 Å². The molecule has 0 spiro atoms. The fourth-order valence-electron chi connectivity index (χ4n) is 1.75. The first kappa shape index (κ1) is 14.6. The van der Waals surface area contributed by atoms with E-state index in [4.69, 9.17) is 5.73 Å². The average molecular weight is 256 g/mol. The van der Waals surface area contributed by atoms with Crippen LogP contribution in [0.4, 0.5) is 0 Å². The van der Waals surface area contributed by atoms with Crippen molar-refractivity contribution in [3.63, 3.8) is 0 Å². The Labute approximate surface area is 108 Å². The molecule has 0 aliphatic carbocycles. The van der Waals surface area contributed by atoms with E-state index in [-0.39, 0.29) is 5.41 Å². The van der Waals surface area contributed by atoms with Crippen LogP contribution in [0.2, 0.25) is 0 Å². The fraction of sp³-hybridized carbons (Fsp3) is 0.769. The smallest absolute Gasteiger partial charge is 0.0957 e. The molecule has 1 rings (SSSR count). The predicted octanol–water partition coefficient (Wildman–Crippen LogP) is 2.47. The van der Waals surface area contributed by atoms with E-state index in [2.05, 4.69) is 38.1 Å². The zero-order valence-corrected chi connectivity index (χ0v) is 12.1. The van der Waals surface area contributed by atoms with Gasteiger partial charge in [-0.2, -0.15) is 0 Å². The van der Waals surface area contributed by atoms with E-state index in [1.54, 1.807) is 11.3 Å². The lowest BCUT2D eigenvalue weighted by atomic mass is 9.92. The van der Waals surface area contributed by atoms with Crippen LogP contribution >= 0.6 is 11.3 Å². The lowest BCUT2D eigenvalue weighted by molar-refractivity contribution is 0.0398. The molecule has 0 aromatic carbocycles. The van der Waals surface area contributed by atoms with Crippen LogP contribution in [0.25, 0.3) is 0 Å². The van der Waals surface area contributed by atoms with E-state index in [0.29, 0.717) is 13.0 Å². The van der Waals surface area contributed by atoms with Crippen molar-refractivity contribution in [2.24, 2.45) is 5.73 Å². The lowest BCUT2D eigenvalue weighted by Crippen LogP contribution is -2.39. The lowest BCUT2D eigenvalue weighted by Gasteiger charge is -2.24. The Morgan fingerprint density at radius 3 is 2.47 bits per heavy atom. The van der Waals surface area contributed by atoms with Crippen molar-refractivity contribution in [2.45, 2.75) is 58.0 Å². The highest BCUT2D eigenvalue weighted by Gasteiger charge is 2.27. The summed E-state index contributed by atoms with van der Waals surface area (Å²) in [4.78, 5) is 4.60. The van der Waals surface area contributed by atoms with Gasteiger partial charge >= 0.3 is 0 Å². The average Bonchev–Trinajstić information content (AvgIpc) is 2.66. The Bertz CT molecular complexity index is 357. The minimum atomic E-state index is -0.790. The van der Waals surface area contributed by atoms with Crippen LogP contribution in [0.5, 0.6) is 0 Å². The number of hydrogen-bond donors (Lipinski definition) is 2. The first-order valence-corrected chi connectivity index (χ1v) is 7.06. The largest absolute Gasteiger partial charge is 0.388 e. The number of nitrogens with two attached hydrogens (primary N) is 1. The maximum absolute atomic E-state index is 10.3. The zero-order valence-electron chi connectivity index (χ0n) is 11.3. The van der Waals surface area contributed by atoms with Crippen molar-refractivity contribution in [2.75, 3.05) is 6.54 Å². The Balaban J connectivity index is 2.78. The Morgan fingerprint density at radius 1 is 1.41 bits per heavy atom. The van der Waals surface area contributed by atoms with Gasteiger partial charge in [-0.25, -0.2) is 4.98 Å². The number of thiazole rings is 1. The van der Waals surface area contributed by atoms with Crippen LogP contribution in [-0.4, -0.2) is 22.2 Å². The highest BCUT2D eigenvalue weighted by molar-refractivity contribution is 7.09. The molecule has 0 saturated heterocycles. The van der Waals surface area contributed by atoms with Crippen LogP contribution in [0.15, 0.2) is 5.38 Å². The van der Waals surface area contributed by atoms with Gasteiger partial charge in [-0.15, -0.1) is 11.3 Å². The topological polar surface area (TPSA) is 59.1 Å². The van der Waals surface area contributed by atoms with Crippen molar-refractivity contribution in [3.8, 4) is 0 Å². The summed E-state index contributed by atoms with van der Waals surface area (Å²) in [5.74, 6) is 0. The molecule has 0 amide bonds. The SMILES string of the molecule is CCCC(O)(CN)Cc1nc(C(C)(C)C)cs1. The molecule has 1 aromatic heterocycles. The molecule has 0 radical (unpaired) electrons. The van der Waals surface area contributed by atoms with E-state index >= 15 is 0 Å². The molecular weight excluding hydrogens is 232 g/mol. The van der Waals surface area contributed by atoms with E-state index in [9.17, 15) is 5.11 Å². The minimum Gasteiger partial charge on any atom is -0.388 e. The summed E-state index contributed by atoms with van der Waals surface area (Å²) in [5, 5.41) is 13.4. The Kier molecular flexibility index (Phi) is 4.69. The quantitative estimate of drug-likeness (QED) is 0.851. The van der Waals surface area contributed by atoms with Gasteiger partial charge in [0.15, 0.2) is 0 Å². The van der Waals surface area contributed by atoms with Gasteiger partial charge in [0.25, 0.3) is 0 Å². The number of hydrogen-bond acceptors (Lipinski definition) is 4. The monoisotopic (exact) mass is 256 g/mol. The molecule has 98 valence electrons. The molecule has 0 aliphatic rings. The van der Waals surface area contributed by atoms with Crippen molar-refractivity contribution < 1.29 is 5.11 Å². The van der Waals surface area contributed by atoms with Crippen molar-refractivity contribution >= 4 is 11.3 Å². The van der Waals surface area contributed by atoms with Crippen LogP contribution in [0, 0.1) is 0 Å². The summed E-state index contributed by atoms with van der Waals surface area (Å²) in [6.07, 6.45) is 2.23. The van der Waals surface area contributed by atoms with Gasteiger partial charge in [-0.3, -0.25) is 0 Å². The minimum absolute atomic E-state index is 0.0698. The van der Waals surface area contributed by atoms with Crippen molar-refractivity contribution in [1.82, 2.24) is 4.98 Å². The molecule has 1 unspecified atom stereocenters. The van der Waals surface area contributed by atoms with E-state index in [1.807, 2.05) is 0 Å². The molecule has 3 nitrogen and oxygen atoms in total. The molecule has 1 aromatic rings. The highest BCUT2D eigenvalue weighted by Crippen LogP contribution is 2.26. The van der Waals surface area contributed by atoms with E-state index in [0.717, 1.165) is 23.5 Å². The highest BCUT2D eigenvalue weighted by atomic mass is 32.1. The second-order valence-electron chi connectivity index (χ2n) is 5.73. The maximum Gasteiger partial charge on any atom is 0.0957 e. The molecule has 3 N–H and O–H groups in total. The van der Waals surface area contributed by atoms with Crippen LogP contribution in [-0.2, 0) is 11.8 Å². The molecule has 0 fully saturated rings. The molecule has 1 heterocycles. The third kappa shape index (κ3) is 4.05. The van der Waals surface area contributed by atoms with Gasteiger partial charge < -0.3 is 10.8 Å². The first-order valence-electron chi connectivity index (χ1n) is 6.18. The summed E-state index contributed by atoms with van der Waals surface area (Å²) < 4.78 is 0. The fourth-order valence-corrected chi connectivity index (χ4v) is 2.90. The number of nitrogens with zero attached hydrogens (tertiary/aromatic N) is 1. The van der Waals surface area contributed by atoms with Crippen LogP contribution < -0.4 is 5.73 Å². The van der Waals surface area contributed by atoms with Gasteiger partial charge in [0.05, 0.1) is 16.3 Å². The second kappa shape index (κ2) is 5.46. The van der Waals surface area contributed by atoms with Gasteiger partial charge in [0.1, 0.15) is 0 Å². The molecule has 0 aliphatic heterocycles. The molecule has 1 atom stereocenters. The standard InChI is InChI=1S/C13H24N2OS/c1-5-6-13(16,9-14)7-11-15-10(8-17-11)12(2,3)4/h8,16H,5-7,9,14H2,1-4H3. The summed E-state index contributed by atoms with van der Waals surface area (Å²) in [5.41, 5.74) is 6.03. The second-order valence-corrected chi connectivity index (χ2v) is 6.67. The number of rotatable bonds is 5. The maximum atomic E-state index is 10.3. The Morgan fingerprint density at radius 2 is 2.06 bits per heavy atom. The predicted molar refractivity (Wildman–Crippen MR) is 73.4 cm³/mol. The van der Waals surface area contributed by atoms with Gasteiger partial charge in [-0.05, 0) is 6.42 Å². The normalized spacial score (nSPS) is 15.9. The van der Waals surface area contributed by atoms with Gasteiger partial charge in [0.2, 0.25) is 0 Å². The molecule has 0 bridgehead atoms. The Hall–Kier alpha value is -0.450. The van der Waals surface area contributed by atoms with E-state index in [1.165, 1.54) is 0 Å². The third-order valence-electron chi connectivity index (χ3n) is 2.90. The van der Waals surface area contributed by atoms with Crippen LogP contribution in [0.1, 0.15) is 51.2 Å². The number of aliphatic hydroxyl groups is 1. The molecule has 0 saturated carbocycles. The molecular formula is C13H24N2OS. The van der Waals surface area contributed by atoms with Crippen LogP contribution in [0.3, 0.4) is 0 Å². The third-order valence-corrected chi connectivity index (χ3v) is 3.74. The van der Waals surface area contributed by atoms with Gasteiger partial charge in [-0.1, -0.05) is 34.1 Å². The van der Waals surface area contributed by atoms with Crippen molar-refractivity contribution in [1.29, 1.82) is 0 Å². The summed E-state index contributed by atoms with van der Waals surface area (Å²) in [7, 11) is 0. The zero-order chi connectivity index (χ0) is 13.1. The number of aromatic nitrogens is 1. The first-order chi connectivity index (χ1) is 7.80. The van der Waals surface area contributed by atoms with Crippen molar-refractivity contribution in [3.05, 3.63) is 16.1 Å². The molecule has 4 heteroatoms. The molecule has 17 heavy (non-hydrogen) atoms.